The Balaban J connectivity index is 1.33. The second-order valence-electron chi connectivity index (χ2n) is 7.69. The highest BCUT2D eigenvalue weighted by molar-refractivity contribution is 5.84. The zero-order valence-electron chi connectivity index (χ0n) is 16.0. The maximum Gasteiger partial charge on any atom is 0.240 e. The summed E-state index contributed by atoms with van der Waals surface area (Å²) in [5.41, 5.74) is 9.83. The minimum Gasteiger partial charge on any atom is -0.325 e. The fourth-order valence-corrected chi connectivity index (χ4v) is 4.23. The monoisotopic (exact) mass is 389 g/mol. The van der Waals surface area contributed by atoms with Gasteiger partial charge in [-0.25, -0.2) is 0 Å². The summed E-state index contributed by atoms with van der Waals surface area (Å²) in [6, 6.07) is 15.9. The van der Waals surface area contributed by atoms with E-state index in [4.69, 9.17) is 5.53 Å². The first kappa shape index (κ1) is 19.2. The summed E-state index contributed by atoms with van der Waals surface area (Å²) in [5, 5.41) is 22.3. The minimum absolute atomic E-state index is 0.0813. The number of benzene rings is 2. The molecule has 29 heavy (non-hydrogen) atoms. The van der Waals surface area contributed by atoms with Crippen molar-refractivity contribution in [3.05, 3.63) is 58.5 Å². The zero-order chi connectivity index (χ0) is 20.2. The van der Waals surface area contributed by atoms with Gasteiger partial charge in [-0.2, -0.15) is 5.26 Å². The molecule has 2 fully saturated rings. The van der Waals surface area contributed by atoms with Crippen LogP contribution in [0.4, 0.5) is 0 Å². The fraction of sp³-hybridized carbons (Fsp3) is 0.429. The molecule has 1 amide bonds. The van der Waals surface area contributed by atoms with Crippen molar-refractivity contribution in [2.75, 3.05) is 13.1 Å². The smallest absolute Gasteiger partial charge is 0.240 e. The van der Waals surface area contributed by atoms with Gasteiger partial charge in [0.2, 0.25) is 5.91 Å². The highest BCUT2D eigenvalue weighted by Crippen LogP contribution is 2.23. The number of carbonyl (C=O) groups excluding carboxylic acids is 1. The molecule has 4 unspecified atom stereocenters. The van der Waals surface area contributed by atoms with Gasteiger partial charge in [-0.3, -0.25) is 4.79 Å². The quantitative estimate of drug-likeness (QED) is 0.464. The molecule has 2 N–H and O–H groups in total. The van der Waals surface area contributed by atoms with Gasteiger partial charge < -0.3 is 15.5 Å². The van der Waals surface area contributed by atoms with Gasteiger partial charge in [-0.1, -0.05) is 41.5 Å². The van der Waals surface area contributed by atoms with Gasteiger partial charge in [0, 0.05) is 30.6 Å². The fourth-order valence-electron chi connectivity index (χ4n) is 4.23. The number of azide groups is 1. The Bertz CT molecular complexity index is 994. The van der Waals surface area contributed by atoms with Crippen LogP contribution in [0.25, 0.3) is 21.2 Å². The second-order valence-corrected chi connectivity index (χ2v) is 7.69. The molecule has 2 aliphatic rings. The average Bonchev–Trinajstić information content (AvgIpc) is 3.39. The van der Waals surface area contributed by atoms with E-state index in [1.807, 2.05) is 12.1 Å². The largest absolute Gasteiger partial charge is 0.325 e. The minimum atomic E-state index is -0.524. The predicted octanol–water partition coefficient (Wildman–Crippen LogP) is 2.46. The lowest BCUT2D eigenvalue weighted by molar-refractivity contribution is -0.133. The van der Waals surface area contributed by atoms with Crippen molar-refractivity contribution in [1.29, 1.82) is 5.26 Å². The molecule has 0 saturated carbocycles. The number of carbonyl (C=O) groups is 1. The van der Waals surface area contributed by atoms with Crippen LogP contribution in [0, 0.1) is 11.3 Å². The topological polar surface area (TPSA) is 117 Å². The number of nitrogens with zero attached hydrogens (tertiary/aromatic N) is 5. The van der Waals surface area contributed by atoms with Crippen LogP contribution >= 0.6 is 0 Å². The Morgan fingerprint density at radius 2 is 2.14 bits per heavy atom. The zero-order valence-corrected chi connectivity index (χ0v) is 16.0. The molecule has 148 valence electrons. The molecule has 0 spiro atoms. The van der Waals surface area contributed by atoms with Crippen LogP contribution in [0.3, 0.4) is 0 Å². The Labute approximate surface area is 169 Å². The van der Waals surface area contributed by atoms with Gasteiger partial charge in [-0.05, 0) is 40.8 Å². The maximum atomic E-state index is 12.9. The number of rotatable bonds is 5. The van der Waals surface area contributed by atoms with Crippen molar-refractivity contribution in [2.24, 2.45) is 5.11 Å². The molecular formula is C21H23N7O. The molecule has 0 radical (unpaired) electrons. The number of amides is 1. The van der Waals surface area contributed by atoms with E-state index in [1.165, 1.54) is 16.3 Å². The summed E-state index contributed by atoms with van der Waals surface area (Å²) < 4.78 is 0. The van der Waals surface area contributed by atoms with Crippen LogP contribution in [-0.2, 0) is 11.3 Å². The molecule has 2 aromatic rings. The van der Waals surface area contributed by atoms with Crippen molar-refractivity contribution in [3.63, 3.8) is 0 Å². The van der Waals surface area contributed by atoms with Gasteiger partial charge in [0.25, 0.3) is 0 Å². The standard InChI is InChI=1S/C21H23N7O/c22-10-19-8-18(26-27-23)13-28(19)21(29)20-9-17(12-25-20)24-11-14-5-6-15-3-1-2-4-16(15)7-14/h1-7,17-20,24-25H,8-9,11-13H2. The van der Waals surface area contributed by atoms with Crippen molar-refractivity contribution in [2.45, 2.75) is 43.6 Å². The van der Waals surface area contributed by atoms with E-state index in [0.717, 1.165) is 6.54 Å². The summed E-state index contributed by atoms with van der Waals surface area (Å²) in [6.45, 7) is 1.75. The molecule has 0 aromatic heterocycles. The molecule has 0 aliphatic carbocycles. The predicted molar refractivity (Wildman–Crippen MR) is 110 cm³/mol. The third-order valence-electron chi connectivity index (χ3n) is 5.76. The van der Waals surface area contributed by atoms with Crippen molar-refractivity contribution in [1.82, 2.24) is 15.5 Å². The van der Waals surface area contributed by atoms with E-state index in [-0.39, 0.29) is 24.0 Å². The number of hydrogen-bond donors (Lipinski definition) is 2. The first-order valence-electron chi connectivity index (χ1n) is 9.86. The van der Waals surface area contributed by atoms with Crippen LogP contribution in [0.15, 0.2) is 47.6 Å². The van der Waals surface area contributed by atoms with E-state index in [9.17, 15) is 10.1 Å². The summed E-state index contributed by atoms with van der Waals surface area (Å²) in [7, 11) is 0. The van der Waals surface area contributed by atoms with Crippen LogP contribution in [0.2, 0.25) is 0 Å². The van der Waals surface area contributed by atoms with E-state index in [1.54, 1.807) is 4.90 Å². The number of nitriles is 1. The van der Waals surface area contributed by atoms with E-state index >= 15 is 0 Å². The maximum absolute atomic E-state index is 12.9. The molecule has 4 atom stereocenters. The first-order chi connectivity index (χ1) is 14.2. The van der Waals surface area contributed by atoms with Gasteiger partial charge in [0.15, 0.2) is 0 Å². The lowest BCUT2D eigenvalue weighted by atomic mass is 10.1. The third-order valence-corrected chi connectivity index (χ3v) is 5.76. The normalized spacial score (nSPS) is 26.2. The molecular weight excluding hydrogens is 366 g/mol. The number of fused-ring (bicyclic) bond motifs is 1. The van der Waals surface area contributed by atoms with Crippen LogP contribution in [0.5, 0.6) is 0 Å². The summed E-state index contributed by atoms with van der Waals surface area (Å²) >= 11 is 0. The first-order valence-corrected chi connectivity index (χ1v) is 9.86. The molecule has 8 heteroatoms. The van der Waals surface area contributed by atoms with E-state index < -0.39 is 6.04 Å². The molecule has 0 bridgehead atoms. The SMILES string of the molecule is N#CC1CC(N=[N+]=[N-])CN1C(=O)C1CC(NCc2ccc3ccccc3c2)CN1. The highest BCUT2D eigenvalue weighted by atomic mass is 16.2. The third kappa shape index (κ3) is 4.17. The molecule has 2 saturated heterocycles. The Kier molecular flexibility index (Phi) is 5.63. The lowest BCUT2D eigenvalue weighted by Gasteiger charge is -2.23. The number of nitrogens with one attached hydrogen (secondary N) is 2. The van der Waals surface area contributed by atoms with Crippen molar-refractivity contribution < 1.29 is 4.79 Å². The summed E-state index contributed by atoms with van der Waals surface area (Å²) in [4.78, 5) is 17.3. The second kappa shape index (κ2) is 8.50. The highest BCUT2D eigenvalue weighted by Gasteiger charge is 2.40. The molecule has 2 heterocycles. The lowest BCUT2D eigenvalue weighted by Crippen LogP contribution is -2.45. The van der Waals surface area contributed by atoms with E-state index in [2.05, 4.69) is 57.1 Å². The van der Waals surface area contributed by atoms with Crippen LogP contribution in [0.1, 0.15) is 18.4 Å². The van der Waals surface area contributed by atoms with Gasteiger partial charge in [-0.15, -0.1) is 0 Å². The molecule has 4 rings (SSSR count). The van der Waals surface area contributed by atoms with Gasteiger partial charge in [0.05, 0.1) is 18.2 Å². The van der Waals surface area contributed by atoms with Crippen molar-refractivity contribution in [3.8, 4) is 6.07 Å². The van der Waals surface area contributed by atoms with Crippen LogP contribution < -0.4 is 10.6 Å². The summed E-state index contributed by atoms with van der Waals surface area (Å²) in [6.07, 6.45) is 1.08. The van der Waals surface area contributed by atoms with Crippen molar-refractivity contribution >= 4 is 16.7 Å². The van der Waals surface area contributed by atoms with Gasteiger partial charge in [0.1, 0.15) is 6.04 Å². The average molecular weight is 389 g/mol. The summed E-state index contributed by atoms with van der Waals surface area (Å²) in [5.74, 6) is -0.0813. The molecule has 8 nitrogen and oxygen atoms in total. The molecule has 2 aromatic carbocycles. The Morgan fingerprint density at radius 1 is 1.31 bits per heavy atom. The Hall–Kier alpha value is -3.11. The number of hydrogen-bond acceptors (Lipinski definition) is 5. The van der Waals surface area contributed by atoms with Crippen LogP contribution in [-0.4, -0.2) is 48.1 Å². The molecule has 2 aliphatic heterocycles. The van der Waals surface area contributed by atoms with E-state index in [0.29, 0.717) is 25.9 Å². The Morgan fingerprint density at radius 3 is 2.93 bits per heavy atom. The number of likely N-dealkylation sites (tertiary alicyclic amines) is 1. The van der Waals surface area contributed by atoms with Gasteiger partial charge >= 0.3 is 0 Å².